The second-order valence-electron chi connectivity index (χ2n) is 8.18. The number of benzene rings is 2. The normalized spacial score (nSPS) is 11.5. The molecule has 0 fully saturated rings. The van der Waals surface area contributed by atoms with Crippen molar-refractivity contribution in [3.63, 3.8) is 0 Å². The van der Waals surface area contributed by atoms with E-state index in [2.05, 4.69) is 20.1 Å². The first kappa shape index (κ1) is 34.8. The summed E-state index contributed by atoms with van der Waals surface area (Å²) in [6.07, 6.45) is -1.08. The van der Waals surface area contributed by atoms with Crippen LogP contribution in [0.15, 0.2) is 60.7 Å². The summed E-state index contributed by atoms with van der Waals surface area (Å²) in [5.41, 5.74) is 1.70. The molecule has 2 rings (SSSR count). The Balaban J connectivity index is 0.000000414. The zero-order chi connectivity index (χ0) is 30.3. The second-order valence-corrected chi connectivity index (χ2v) is 8.18. The lowest BCUT2D eigenvalue weighted by Crippen LogP contribution is -2.42. The highest BCUT2D eigenvalue weighted by molar-refractivity contribution is 5.81. The van der Waals surface area contributed by atoms with Gasteiger partial charge < -0.3 is 44.2 Å². The maximum Gasteiger partial charge on any atom is 0.408 e. The van der Waals surface area contributed by atoms with E-state index in [9.17, 15) is 19.2 Å². The average Bonchev–Trinajstić information content (AvgIpc) is 3.00. The quantitative estimate of drug-likeness (QED) is 0.123. The number of hydrogen-bond donors (Lipinski definition) is 3. The SMILES string of the molecule is COC(=O)[C@H](CCO)NC(=O)OCc1ccccc1.COCOCC[C@H](NC(=O)OCc1ccccc1)C(=O)OC. The van der Waals surface area contributed by atoms with Crippen LogP contribution in [0.25, 0.3) is 0 Å². The van der Waals surface area contributed by atoms with Crippen molar-refractivity contribution in [2.24, 2.45) is 0 Å². The van der Waals surface area contributed by atoms with Crippen LogP contribution in [0.4, 0.5) is 9.59 Å². The number of rotatable bonds is 15. The minimum absolute atomic E-state index is 0.0765. The molecule has 0 spiro atoms. The highest BCUT2D eigenvalue weighted by Crippen LogP contribution is 2.03. The van der Waals surface area contributed by atoms with Gasteiger partial charge in [-0.3, -0.25) is 0 Å². The molecule has 2 atom stereocenters. The Bertz CT molecular complexity index is 1020. The van der Waals surface area contributed by atoms with Crippen LogP contribution in [0.3, 0.4) is 0 Å². The summed E-state index contributed by atoms with van der Waals surface area (Å²) in [6, 6.07) is 16.7. The van der Waals surface area contributed by atoms with Crippen molar-refractivity contribution < 1.29 is 52.7 Å². The zero-order valence-electron chi connectivity index (χ0n) is 23.4. The molecule has 2 amide bonds. The Morgan fingerprint density at radius 1 is 0.707 bits per heavy atom. The van der Waals surface area contributed by atoms with E-state index in [0.29, 0.717) is 0 Å². The molecule has 0 saturated heterocycles. The van der Waals surface area contributed by atoms with Gasteiger partial charge in [0.1, 0.15) is 32.1 Å². The summed E-state index contributed by atoms with van der Waals surface area (Å²) in [4.78, 5) is 46.1. The van der Waals surface area contributed by atoms with Gasteiger partial charge in [0.15, 0.2) is 0 Å². The fourth-order valence-electron chi connectivity index (χ4n) is 3.07. The van der Waals surface area contributed by atoms with Crippen molar-refractivity contribution in [2.75, 3.05) is 41.3 Å². The first-order valence-corrected chi connectivity index (χ1v) is 12.6. The molecular formula is C28H38N2O11. The average molecular weight is 579 g/mol. The van der Waals surface area contributed by atoms with E-state index in [1.165, 1.54) is 21.3 Å². The molecule has 0 aromatic heterocycles. The number of methoxy groups -OCH3 is 3. The third-order valence-corrected chi connectivity index (χ3v) is 5.15. The second kappa shape index (κ2) is 21.6. The minimum Gasteiger partial charge on any atom is -0.467 e. The van der Waals surface area contributed by atoms with Crippen LogP contribution in [-0.2, 0) is 51.2 Å². The van der Waals surface area contributed by atoms with Gasteiger partial charge in [0, 0.05) is 26.6 Å². The van der Waals surface area contributed by atoms with E-state index < -0.39 is 36.2 Å². The molecule has 0 radical (unpaired) electrons. The van der Waals surface area contributed by atoms with Crippen LogP contribution in [0, 0.1) is 0 Å². The minimum atomic E-state index is -0.904. The Morgan fingerprint density at radius 3 is 1.54 bits per heavy atom. The fraction of sp³-hybridized carbons (Fsp3) is 0.429. The van der Waals surface area contributed by atoms with Gasteiger partial charge in [0.05, 0.1) is 20.8 Å². The summed E-state index contributed by atoms with van der Waals surface area (Å²) in [7, 11) is 3.96. The van der Waals surface area contributed by atoms with Crippen molar-refractivity contribution in [1.29, 1.82) is 0 Å². The predicted octanol–water partition coefficient (Wildman–Crippen LogP) is 2.30. The maximum atomic E-state index is 11.7. The predicted molar refractivity (Wildman–Crippen MR) is 145 cm³/mol. The molecule has 0 aliphatic heterocycles. The van der Waals surface area contributed by atoms with Crippen molar-refractivity contribution in [2.45, 2.75) is 38.1 Å². The summed E-state index contributed by atoms with van der Waals surface area (Å²) in [5, 5.41) is 13.6. The number of nitrogens with one attached hydrogen (secondary N) is 2. The van der Waals surface area contributed by atoms with E-state index in [0.717, 1.165) is 11.1 Å². The monoisotopic (exact) mass is 578 g/mol. The molecule has 226 valence electrons. The first-order valence-electron chi connectivity index (χ1n) is 12.6. The summed E-state index contributed by atoms with van der Waals surface area (Å²) < 4.78 is 29.0. The Labute approximate surface area is 239 Å². The van der Waals surface area contributed by atoms with E-state index in [-0.39, 0.29) is 46.1 Å². The Hall–Kier alpha value is -4.20. The molecule has 0 aliphatic rings. The van der Waals surface area contributed by atoms with E-state index in [1.54, 1.807) is 0 Å². The first-order chi connectivity index (χ1) is 19.8. The van der Waals surface area contributed by atoms with Gasteiger partial charge in [-0.15, -0.1) is 0 Å². The summed E-state index contributed by atoms with van der Waals surface area (Å²) in [5.74, 6) is -1.18. The van der Waals surface area contributed by atoms with E-state index in [1.807, 2.05) is 60.7 Å². The molecule has 13 nitrogen and oxygen atoms in total. The highest BCUT2D eigenvalue weighted by atomic mass is 16.7. The van der Waals surface area contributed by atoms with Crippen molar-refractivity contribution in [3.05, 3.63) is 71.8 Å². The van der Waals surface area contributed by atoms with Gasteiger partial charge in [-0.2, -0.15) is 0 Å². The van der Waals surface area contributed by atoms with Gasteiger partial charge in [0.2, 0.25) is 0 Å². The summed E-state index contributed by atoms with van der Waals surface area (Å²) in [6.45, 7) is 0.359. The molecule has 3 N–H and O–H groups in total. The number of aliphatic hydroxyl groups is 1. The van der Waals surface area contributed by atoms with Crippen LogP contribution in [0.2, 0.25) is 0 Å². The molecule has 0 heterocycles. The fourth-order valence-corrected chi connectivity index (χ4v) is 3.07. The number of aliphatic hydroxyl groups excluding tert-OH is 1. The van der Waals surface area contributed by atoms with Gasteiger partial charge in [-0.25, -0.2) is 19.2 Å². The molecular weight excluding hydrogens is 540 g/mol. The van der Waals surface area contributed by atoms with Gasteiger partial charge in [0.25, 0.3) is 0 Å². The van der Waals surface area contributed by atoms with Crippen molar-refractivity contribution >= 4 is 24.1 Å². The molecule has 41 heavy (non-hydrogen) atoms. The number of ether oxygens (including phenoxy) is 6. The lowest BCUT2D eigenvalue weighted by molar-refractivity contribution is -0.144. The van der Waals surface area contributed by atoms with Gasteiger partial charge in [-0.1, -0.05) is 60.7 Å². The number of carbonyl (C=O) groups excluding carboxylic acids is 4. The van der Waals surface area contributed by atoms with E-state index >= 15 is 0 Å². The molecule has 2 aromatic carbocycles. The number of carbonyl (C=O) groups is 4. The lowest BCUT2D eigenvalue weighted by Gasteiger charge is -2.16. The maximum absolute atomic E-state index is 11.7. The molecule has 0 unspecified atom stereocenters. The van der Waals surface area contributed by atoms with Crippen LogP contribution < -0.4 is 10.6 Å². The third kappa shape index (κ3) is 15.8. The largest absolute Gasteiger partial charge is 0.467 e. The Morgan fingerprint density at radius 2 is 1.15 bits per heavy atom. The van der Waals surface area contributed by atoms with Gasteiger partial charge >= 0.3 is 24.1 Å². The van der Waals surface area contributed by atoms with Crippen LogP contribution in [0.1, 0.15) is 24.0 Å². The molecule has 13 heteroatoms. The van der Waals surface area contributed by atoms with Crippen LogP contribution in [-0.4, -0.2) is 82.7 Å². The third-order valence-electron chi connectivity index (χ3n) is 5.15. The summed E-state index contributed by atoms with van der Waals surface area (Å²) >= 11 is 0. The standard InChI is InChI=1S/C15H21NO6.C13H17NO5/c1-19-11-21-9-8-13(14(17)20-2)16-15(18)22-10-12-6-4-3-5-7-12;1-18-12(16)11(7-8-15)14-13(17)19-9-10-5-3-2-4-6-10/h3-7,13H,8-11H2,1-2H3,(H,16,18);2-6,11,15H,7-9H2,1H3,(H,14,17)/t13-;11-/m00/s1. The lowest BCUT2D eigenvalue weighted by atomic mass is 10.2. The van der Waals surface area contributed by atoms with Crippen molar-refractivity contribution in [1.82, 2.24) is 10.6 Å². The molecule has 2 aromatic rings. The van der Waals surface area contributed by atoms with Gasteiger partial charge in [-0.05, 0) is 11.1 Å². The molecule has 0 aliphatic carbocycles. The zero-order valence-corrected chi connectivity index (χ0v) is 23.4. The molecule has 0 bridgehead atoms. The van der Waals surface area contributed by atoms with Crippen LogP contribution in [0.5, 0.6) is 0 Å². The number of esters is 2. The smallest absolute Gasteiger partial charge is 0.408 e. The number of amides is 2. The van der Waals surface area contributed by atoms with Crippen molar-refractivity contribution in [3.8, 4) is 0 Å². The van der Waals surface area contributed by atoms with Crippen LogP contribution >= 0.6 is 0 Å². The number of alkyl carbamates (subject to hydrolysis) is 2. The van der Waals surface area contributed by atoms with E-state index in [4.69, 9.17) is 24.1 Å². The Kier molecular flexibility index (Phi) is 18.3. The topological polar surface area (TPSA) is 168 Å². The highest BCUT2D eigenvalue weighted by Gasteiger charge is 2.22. The molecule has 0 saturated carbocycles. The number of hydrogen-bond acceptors (Lipinski definition) is 11.